The quantitative estimate of drug-likeness (QED) is 0.781. The molecule has 1 aliphatic heterocycles. The number of amides is 2. The maximum atomic E-state index is 12.9. The third kappa shape index (κ3) is 3.82. The number of carbonyl (C=O) groups is 2. The molecule has 1 aliphatic carbocycles. The van der Waals surface area contributed by atoms with Crippen molar-refractivity contribution in [3.05, 3.63) is 58.9 Å². The fourth-order valence-corrected chi connectivity index (χ4v) is 3.92. The number of aromatic nitrogens is 1. The van der Waals surface area contributed by atoms with E-state index < -0.39 is 0 Å². The molecule has 2 heterocycles. The Bertz CT molecular complexity index is 935. The van der Waals surface area contributed by atoms with Crippen LogP contribution in [0.4, 0.5) is 0 Å². The summed E-state index contributed by atoms with van der Waals surface area (Å²) in [4.78, 5) is 29.6. The van der Waals surface area contributed by atoms with Crippen molar-refractivity contribution in [2.45, 2.75) is 18.9 Å². The summed E-state index contributed by atoms with van der Waals surface area (Å²) in [6.07, 6.45) is 0. The van der Waals surface area contributed by atoms with E-state index in [9.17, 15) is 9.59 Å². The van der Waals surface area contributed by atoms with Gasteiger partial charge in [0.1, 0.15) is 11.4 Å². The van der Waals surface area contributed by atoms with Crippen molar-refractivity contribution in [1.82, 2.24) is 15.6 Å². The Morgan fingerprint density at radius 1 is 1.17 bits per heavy atom. The minimum atomic E-state index is -0.324. The zero-order chi connectivity index (χ0) is 20.5. The number of pyridine rings is 1. The van der Waals surface area contributed by atoms with Crippen LogP contribution in [0, 0.1) is 11.8 Å². The molecule has 2 amide bonds. The van der Waals surface area contributed by atoms with E-state index in [1.807, 2.05) is 31.2 Å². The predicted octanol–water partition coefficient (Wildman–Crippen LogP) is 1.98. The first-order valence-electron chi connectivity index (χ1n) is 9.78. The Hall–Kier alpha value is -2.93. The predicted molar refractivity (Wildman–Crippen MR) is 107 cm³/mol. The number of fused-ring (bicyclic) bond motifs is 1. The monoisotopic (exact) mass is 395 g/mol. The van der Waals surface area contributed by atoms with Gasteiger partial charge in [0.25, 0.3) is 11.8 Å². The molecule has 2 N–H and O–H groups in total. The fraction of sp³-hybridized carbons (Fsp3) is 0.409. The third-order valence-corrected chi connectivity index (χ3v) is 5.85. The summed E-state index contributed by atoms with van der Waals surface area (Å²) >= 11 is 0. The van der Waals surface area contributed by atoms with Gasteiger partial charge < -0.3 is 20.1 Å². The van der Waals surface area contributed by atoms with Crippen molar-refractivity contribution in [3.8, 4) is 5.75 Å². The summed E-state index contributed by atoms with van der Waals surface area (Å²) in [6, 6.07) is 11.2. The molecule has 2 unspecified atom stereocenters. The number of rotatable bonds is 6. The second-order valence-electron chi connectivity index (χ2n) is 7.61. The van der Waals surface area contributed by atoms with Crippen LogP contribution in [0.2, 0.25) is 0 Å². The molecule has 1 saturated carbocycles. The van der Waals surface area contributed by atoms with E-state index in [4.69, 9.17) is 9.47 Å². The highest BCUT2D eigenvalue weighted by Crippen LogP contribution is 2.44. The average molecular weight is 395 g/mol. The topological polar surface area (TPSA) is 89.6 Å². The fourth-order valence-electron chi connectivity index (χ4n) is 3.92. The Labute approximate surface area is 169 Å². The standard InChI is InChI=1S/C22H25N3O4/c1-12(13-5-4-6-15(7-13)28-3)18-8-14(9-19(24-18)22(27)23-2)21(26)25-20-16-10-29-11-17(16)20/h4-9,12,16-17,20H,10-11H2,1-3H3,(H,23,27)(H,25,26)/t12?,16-,17+,20?. The van der Waals surface area contributed by atoms with Gasteiger partial charge in [-0.3, -0.25) is 9.59 Å². The highest BCUT2D eigenvalue weighted by atomic mass is 16.5. The molecule has 0 spiro atoms. The number of hydrogen-bond acceptors (Lipinski definition) is 5. The van der Waals surface area contributed by atoms with E-state index in [2.05, 4.69) is 15.6 Å². The molecular formula is C22H25N3O4. The summed E-state index contributed by atoms with van der Waals surface area (Å²) in [5, 5.41) is 5.67. The minimum Gasteiger partial charge on any atom is -0.497 e. The van der Waals surface area contributed by atoms with Gasteiger partial charge in [-0.1, -0.05) is 19.1 Å². The van der Waals surface area contributed by atoms with E-state index in [-0.39, 0.29) is 29.5 Å². The van der Waals surface area contributed by atoms with E-state index >= 15 is 0 Å². The molecule has 29 heavy (non-hydrogen) atoms. The largest absolute Gasteiger partial charge is 0.497 e. The molecule has 0 radical (unpaired) electrons. The van der Waals surface area contributed by atoms with E-state index in [0.717, 1.165) is 11.3 Å². The second-order valence-corrected chi connectivity index (χ2v) is 7.61. The lowest BCUT2D eigenvalue weighted by molar-refractivity contribution is 0.0928. The zero-order valence-corrected chi connectivity index (χ0v) is 16.8. The SMILES string of the molecule is CNC(=O)c1cc(C(=O)NC2[C@H]3COC[C@@H]23)cc(C(C)c2cccc(OC)c2)n1. The first-order chi connectivity index (χ1) is 14.0. The molecule has 1 aromatic carbocycles. The van der Waals surface area contributed by atoms with Crippen molar-refractivity contribution in [1.29, 1.82) is 0 Å². The number of nitrogens with one attached hydrogen (secondary N) is 2. The number of methoxy groups -OCH3 is 1. The number of hydrogen-bond donors (Lipinski definition) is 2. The van der Waals surface area contributed by atoms with Gasteiger partial charge in [0.2, 0.25) is 0 Å². The van der Waals surface area contributed by atoms with Crippen LogP contribution in [0.5, 0.6) is 5.75 Å². The Kier molecular flexibility index (Phi) is 5.24. The van der Waals surface area contributed by atoms with Crippen LogP contribution in [0.3, 0.4) is 0 Å². The Balaban J connectivity index is 1.63. The molecule has 152 valence electrons. The molecule has 7 nitrogen and oxygen atoms in total. The summed E-state index contributed by atoms with van der Waals surface area (Å²) in [5.74, 6) is 0.947. The Morgan fingerprint density at radius 2 is 1.93 bits per heavy atom. The lowest BCUT2D eigenvalue weighted by atomic mass is 9.95. The van der Waals surface area contributed by atoms with Crippen LogP contribution in [0.15, 0.2) is 36.4 Å². The Morgan fingerprint density at radius 3 is 2.62 bits per heavy atom. The van der Waals surface area contributed by atoms with Crippen LogP contribution in [-0.4, -0.2) is 50.2 Å². The van der Waals surface area contributed by atoms with Gasteiger partial charge in [-0.15, -0.1) is 0 Å². The molecule has 2 fully saturated rings. The minimum absolute atomic E-state index is 0.116. The van der Waals surface area contributed by atoms with Gasteiger partial charge in [-0.25, -0.2) is 4.98 Å². The van der Waals surface area contributed by atoms with Crippen LogP contribution < -0.4 is 15.4 Å². The van der Waals surface area contributed by atoms with Gasteiger partial charge in [0, 0.05) is 42.1 Å². The highest BCUT2D eigenvalue weighted by molar-refractivity contribution is 5.99. The molecular weight excluding hydrogens is 370 g/mol. The van der Waals surface area contributed by atoms with Gasteiger partial charge in [-0.05, 0) is 29.8 Å². The molecule has 4 atom stereocenters. The molecule has 4 rings (SSSR count). The lowest BCUT2D eigenvalue weighted by Gasteiger charge is -2.16. The summed E-state index contributed by atoms with van der Waals surface area (Å²) in [7, 11) is 3.17. The van der Waals surface area contributed by atoms with Crippen molar-refractivity contribution in [3.63, 3.8) is 0 Å². The third-order valence-electron chi connectivity index (χ3n) is 5.85. The maximum absolute atomic E-state index is 12.9. The van der Waals surface area contributed by atoms with Crippen LogP contribution in [0.25, 0.3) is 0 Å². The van der Waals surface area contributed by atoms with Gasteiger partial charge in [-0.2, -0.15) is 0 Å². The molecule has 2 aromatic rings. The summed E-state index contributed by atoms with van der Waals surface area (Å²) in [6.45, 7) is 3.40. The van der Waals surface area contributed by atoms with Crippen LogP contribution in [0.1, 0.15) is 44.9 Å². The normalized spacial score (nSPS) is 23.1. The first-order valence-corrected chi connectivity index (χ1v) is 9.78. The molecule has 0 bridgehead atoms. The van der Waals surface area contributed by atoms with E-state index in [0.29, 0.717) is 36.3 Å². The molecule has 7 heteroatoms. The van der Waals surface area contributed by atoms with Gasteiger partial charge in [0.15, 0.2) is 0 Å². The zero-order valence-electron chi connectivity index (χ0n) is 16.8. The smallest absolute Gasteiger partial charge is 0.269 e. The summed E-state index contributed by atoms with van der Waals surface area (Å²) < 4.78 is 10.7. The number of nitrogens with zero attached hydrogens (tertiary/aromatic N) is 1. The van der Waals surface area contributed by atoms with Gasteiger partial charge in [0.05, 0.1) is 20.3 Å². The number of ether oxygens (including phenoxy) is 2. The first kappa shape index (κ1) is 19.4. The number of carbonyl (C=O) groups excluding carboxylic acids is 2. The van der Waals surface area contributed by atoms with Gasteiger partial charge >= 0.3 is 0 Å². The summed E-state index contributed by atoms with van der Waals surface area (Å²) in [5.41, 5.74) is 2.31. The molecule has 2 aliphatic rings. The molecule has 1 aromatic heterocycles. The van der Waals surface area contributed by atoms with E-state index in [1.165, 1.54) is 0 Å². The maximum Gasteiger partial charge on any atom is 0.269 e. The molecule has 1 saturated heterocycles. The second kappa shape index (κ2) is 7.83. The lowest BCUT2D eigenvalue weighted by Crippen LogP contribution is -2.30. The van der Waals surface area contributed by atoms with Crippen LogP contribution >= 0.6 is 0 Å². The van der Waals surface area contributed by atoms with Crippen molar-refractivity contribution in [2.75, 3.05) is 27.4 Å². The number of benzene rings is 1. The highest BCUT2D eigenvalue weighted by Gasteiger charge is 2.54. The van der Waals surface area contributed by atoms with E-state index in [1.54, 1.807) is 26.3 Å². The van der Waals surface area contributed by atoms with Crippen molar-refractivity contribution in [2.24, 2.45) is 11.8 Å². The van der Waals surface area contributed by atoms with Crippen molar-refractivity contribution >= 4 is 11.8 Å². The average Bonchev–Trinajstić information content (AvgIpc) is 3.17. The van der Waals surface area contributed by atoms with Crippen molar-refractivity contribution < 1.29 is 19.1 Å². The van der Waals surface area contributed by atoms with Crippen LogP contribution in [-0.2, 0) is 4.74 Å².